The summed E-state index contributed by atoms with van der Waals surface area (Å²) in [6, 6.07) is 1.66. The molecule has 3 rings (SSSR count). The summed E-state index contributed by atoms with van der Waals surface area (Å²) in [6.07, 6.45) is 5.69. The van der Waals surface area contributed by atoms with Gasteiger partial charge in [0.25, 0.3) is 5.91 Å². The number of hydrogen-bond acceptors (Lipinski definition) is 6. The first kappa shape index (κ1) is 19.1. The lowest BCUT2D eigenvalue weighted by Crippen LogP contribution is -2.46. The van der Waals surface area contributed by atoms with Gasteiger partial charge in [0.1, 0.15) is 5.76 Å². The summed E-state index contributed by atoms with van der Waals surface area (Å²) in [7, 11) is -1.56. The van der Waals surface area contributed by atoms with Crippen molar-refractivity contribution < 1.29 is 17.7 Å². The first-order valence-electron chi connectivity index (χ1n) is 9.08. The molecule has 2 aliphatic rings. The normalized spacial score (nSPS) is 19.9. The second kappa shape index (κ2) is 8.32. The van der Waals surface area contributed by atoms with E-state index in [9.17, 15) is 13.2 Å². The van der Waals surface area contributed by atoms with Gasteiger partial charge >= 0.3 is 0 Å². The summed E-state index contributed by atoms with van der Waals surface area (Å²) in [5.74, 6) is 0.939. The monoisotopic (exact) mass is 382 g/mol. The SMILES string of the molecule is CNCC/C=C/S(=O)(=O)N1CCC(NC(=O)c2cc(C3CC3)on2)CC1. The molecule has 144 valence electrons. The van der Waals surface area contributed by atoms with E-state index in [0.29, 0.717) is 44.0 Å². The molecule has 8 nitrogen and oxygen atoms in total. The Morgan fingerprint density at radius 3 is 2.73 bits per heavy atom. The molecule has 1 aromatic rings. The maximum atomic E-state index is 12.3. The molecule has 1 aromatic heterocycles. The Balaban J connectivity index is 1.46. The Labute approximate surface area is 154 Å². The predicted octanol–water partition coefficient (Wildman–Crippen LogP) is 1.20. The van der Waals surface area contributed by atoms with Gasteiger partial charge in [-0.25, -0.2) is 8.42 Å². The van der Waals surface area contributed by atoms with Crippen LogP contribution in [0.25, 0.3) is 0 Å². The number of hydrogen-bond donors (Lipinski definition) is 2. The molecule has 0 atom stereocenters. The molecule has 2 fully saturated rings. The maximum absolute atomic E-state index is 12.3. The van der Waals surface area contributed by atoms with Crippen LogP contribution in [0.1, 0.15) is 54.3 Å². The highest BCUT2D eigenvalue weighted by molar-refractivity contribution is 7.92. The van der Waals surface area contributed by atoms with Gasteiger partial charge < -0.3 is 15.2 Å². The molecule has 1 aliphatic heterocycles. The molecule has 0 spiro atoms. The second-order valence-corrected chi connectivity index (χ2v) is 8.66. The summed E-state index contributed by atoms with van der Waals surface area (Å²) in [5.41, 5.74) is 0.300. The van der Waals surface area contributed by atoms with Crippen molar-refractivity contribution in [3.63, 3.8) is 0 Å². The van der Waals surface area contributed by atoms with E-state index >= 15 is 0 Å². The molecule has 1 saturated carbocycles. The third-order valence-corrected chi connectivity index (χ3v) is 6.34. The fourth-order valence-corrected chi connectivity index (χ4v) is 4.25. The van der Waals surface area contributed by atoms with Crippen LogP contribution < -0.4 is 10.6 Å². The molecule has 1 saturated heterocycles. The van der Waals surface area contributed by atoms with E-state index in [1.165, 1.54) is 9.71 Å². The van der Waals surface area contributed by atoms with Crippen molar-refractivity contribution >= 4 is 15.9 Å². The number of aromatic nitrogens is 1. The molecule has 2 heterocycles. The van der Waals surface area contributed by atoms with Crippen LogP contribution in [0, 0.1) is 0 Å². The van der Waals surface area contributed by atoms with Crippen molar-refractivity contribution in [2.24, 2.45) is 0 Å². The third kappa shape index (κ3) is 4.93. The highest BCUT2D eigenvalue weighted by Crippen LogP contribution is 2.40. The molecule has 26 heavy (non-hydrogen) atoms. The lowest BCUT2D eigenvalue weighted by molar-refractivity contribution is 0.0914. The lowest BCUT2D eigenvalue weighted by Gasteiger charge is -2.30. The molecule has 9 heteroatoms. The fourth-order valence-electron chi connectivity index (χ4n) is 2.97. The van der Waals surface area contributed by atoms with Gasteiger partial charge in [-0.3, -0.25) is 4.79 Å². The average molecular weight is 382 g/mol. The van der Waals surface area contributed by atoms with Crippen molar-refractivity contribution in [2.45, 2.75) is 44.1 Å². The minimum absolute atomic E-state index is 0.0525. The molecule has 0 unspecified atom stereocenters. The van der Waals surface area contributed by atoms with Gasteiger partial charge in [0.2, 0.25) is 10.0 Å². The van der Waals surface area contributed by atoms with Gasteiger partial charge in [-0.2, -0.15) is 4.31 Å². The first-order valence-corrected chi connectivity index (χ1v) is 10.6. The quantitative estimate of drug-likeness (QED) is 0.655. The van der Waals surface area contributed by atoms with Gasteiger partial charge in [-0.15, -0.1) is 0 Å². The summed E-state index contributed by atoms with van der Waals surface area (Å²) in [6.45, 7) is 1.54. The number of amides is 1. The predicted molar refractivity (Wildman–Crippen MR) is 97.1 cm³/mol. The van der Waals surface area contributed by atoms with Crippen LogP contribution in [-0.2, 0) is 10.0 Å². The Morgan fingerprint density at radius 1 is 1.35 bits per heavy atom. The summed E-state index contributed by atoms with van der Waals surface area (Å²) < 4.78 is 31.2. The van der Waals surface area contributed by atoms with E-state index in [-0.39, 0.29) is 11.9 Å². The van der Waals surface area contributed by atoms with Crippen molar-refractivity contribution in [3.05, 3.63) is 29.0 Å². The van der Waals surface area contributed by atoms with Crippen LogP contribution in [0.4, 0.5) is 0 Å². The molecule has 1 aliphatic carbocycles. The van der Waals surface area contributed by atoms with Gasteiger partial charge in [-0.1, -0.05) is 11.2 Å². The fraction of sp³-hybridized carbons (Fsp3) is 0.647. The zero-order valence-corrected chi connectivity index (χ0v) is 15.8. The minimum Gasteiger partial charge on any atom is -0.360 e. The van der Waals surface area contributed by atoms with Gasteiger partial charge in [0, 0.05) is 36.5 Å². The van der Waals surface area contributed by atoms with Crippen molar-refractivity contribution in [1.82, 2.24) is 20.1 Å². The molecule has 2 N–H and O–H groups in total. The molecular formula is C17H26N4O4S. The summed E-state index contributed by atoms with van der Waals surface area (Å²) in [5, 5.41) is 11.0. The number of nitrogens with zero attached hydrogens (tertiary/aromatic N) is 2. The standard InChI is InChI=1S/C17H26N4O4S/c1-18-8-2-3-11-26(23,24)21-9-6-14(7-10-21)19-17(22)15-12-16(25-20-15)13-4-5-13/h3,11-14,18H,2,4-10H2,1H3,(H,19,22)/b11-3+. The van der Waals surface area contributed by atoms with Crippen molar-refractivity contribution in [1.29, 1.82) is 0 Å². The molecule has 0 radical (unpaired) electrons. The Hall–Kier alpha value is -1.71. The second-order valence-electron chi connectivity index (χ2n) is 6.84. The Kier molecular flexibility index (Phi) is 6.10. The zero-order valence-electron chi connectivity index (χ0n) is 15.0. The number of piperidine rings is 1. The van der Waals surface area contributed by atoms with Crippen LogP contribution in [0.3, 0.4) is 0 Å². The average Bonchev–Trinajstić information content (AvgIpc) is 3.36. The lowest BCUT2D eigenvalue weighted by atomic mass is 10.1. The topological polar surface area (TPSA) is 105 Å². The smallest absolute Gasteiger partial charge is 0.273 e. The molecule has 0 aromatic carbocycles. The van der Waals surface area contributed by atoms with E-state index in [1.807, 2.05) is 7.05 Å². The summed E-state index contributed by atoms with van der Waals surface area (Å²) in [4.78, 5) is 12.3. The van der Waals surface area contributed by atoms with E-state index in [2.05, 4.69) is 15.8 Å². The summed E-state index contributed by atoms with van der Waals surface area (Å²) >= 11 is 0. The van der Waals surface area contributed by atoms with Gasteiger partial charge in [0.15, 0.2) is 5.69 Å². The van der Waals surface area contributed by atoms with Crippen LogP contribution in [0.5, 0.6) is 0 Å². The van der Waals surface area contributed by atoms with Crippen molar-refractivity contribution in [3.8, 4) is 0 Å². The first-order chi connectivity index (χ1) is 12.5. The number of sulfonamides is 1. The molecular weight excluding hydrogens is 356 g/mol. The molecule has 1 amide bonds. The van der Waals surface area contributed by atoms with Crippen LogP contribution >= 0.6 is 0 Å². The van der Waals surface area contributed by atoms with Crippen LogP contribution in [0.2, 0.25) is 0 Å². The zero-order chi connectivity index (χ0) is 18.6. The Morgan fingerprint density at radius 2 is 2.08 bits per heavy atom. The highest BCUT2D eigenvalue weighted by atomic mass is 32.2. The van der Waals surface area contributed by atoms with E-state index in [1.54, 1.807) is 12.1 Å². The Bertz CT molecular complexity index is 747. The van der Waals surface area contributed by atoms with E-state index in [4.69, 9.17) is 4.52 Å². The van der Waals surface area contributed by atoms with Crippen LogP contribution in [0.15, 0.2) is 22.1 Å². The van der Waals surface area contributed by atoms with Crippen molar-refractivity contribution in [2.75, 3.05) is 26.7 Å². The number of carbonyl (C=O) groups is 1. The van der Waals surface area contributed by atoms with Gasteiger partial charge in [0.05, 0.1) is 0 Å². The highest BCUT2D eigenvalue weighted by Gasteiger charge is 2.30. The van der Waals surface area contributed by atoms with E-state index in [0.717, 1.165) is 25.1 Å². The minimum atomic E-state index is -3.38. The number of nitrogens with one attached hydrogen (secondary N) is 2. The molecule has 0 bridgehead atoms. The largest absolute Gasteiger partial charge is 0.360 e. The number of rotatable bonds is 8. The van der Waals surface area contributed by atoms with E-state index < -0.39 is 10.0 Å². The van der Waals surface area contributed by atoms with Crippen LogP contribution in [-0.4, -0.2) is 56.5 Å². The number of carbonyl (C=O) groups excluding carboxylic acids is 1. The van der Waals surface area contributed by atoms with Gasteiger partial charge in [-0.05, 0) is 45.7 Å². The maximum Gasteiger partial charge on any atom is 0.273 e. The third-order valence-electron chi connectivity index (χ3n) is 4.72.